The second-order valence-corrected chi connectivity index (χ2v) is 5.88. The molecule has 0 aromatic heterocycles. The first-order valence-corrected chi connectivity index (χ1v) is 7.54. The molecule has 0 radical (unpaired) electrons. The predicted octanol–water partition coefficient (Wildman–Crippen LogP) is 5.02. The molecule has 3 heteroatoms. The summed E-state index contributed by atoms with van der Waals surface area (Å²) in [6.07, 6.45) is -0.184. The monoisotopic (exact) mass is 344 g/mol. The normalized spacial score (nSPS) is 12.5. The summed E-state index contributed by atoms with van der Waals surface area (Å²) in [5, 5.41) is 12.7. The predicted molar refractivity (Wildman–Crippen MR) is 86.7 cm³/mol. The van der Waals surface area contributed by atoms with Crippen molar-refractivity contribution in [2.45, 2.75) is 12.5 Å². The van der Waals surface area contributed by atoms with E-state index in [2.05, 4.69) is 34.1 Å². The molecule has 0 amide bonds. The summed E-state index contributed by atoms with van der Waals surface area (Å²) < 4.78 is 13.7. The zero-order valence-corrected chi connectivity index (χ0v) is 12.8. The van der Waals surface area contributed by atoms with Gasteiger partial charge in [-0.15, -0.1) is 0 Å². The van der Waals surface area contributed by atoms with Gasteiger partial charge in [-0.1, -0.05) is 64.5 Å². The SMILES string of the molecule is OC(Cc1cccc2ccccc12)c1ccc(F)cc1Br. The van der Waals surface area contributed by atoms with Gasteiger partial charge in [0.2, 0.25) is 0 Å². The van der Waals surface area contributed by atoms with Crippen LogP contribution in [-0.4, -0.2) is 5.11 Å². The lowest BCUT2D eigenvalue weighted by atomic mass is 9.97. The minimum absolute atomic E-state index is 0.317. The van der Waals surface area contributed by atoms with Crippen LogP contribution in [0.25, 0.3) is 10.8 Å². The summed E-state index contributed by atoms with van der Waals surface area (Å²) in [5.74, 6) is -0.317. The minimum Gasteiger partial charge on any atom is -0.388 e. The molecular weight excluding hydrogens is 331 g/mol. The van der Waals surface area contributed by atoms with Crippen molar-refractivity contribution in [1.29, 1.82) is 0 Å². The van der Waals surface area contributed by atoms with Crippen LogP contribution in [0.5, 0.6) is 0 Å². The smallest absolute Gasteiger partial charge is 0.124 e. The molecule has 0 fully saturated rings. The number of hydrogen-bond acceptors (Lipinski definition) is 1. The van der Waals surface area contributed by atoms with Crippen LogP contribution in [0.2, 0.25) is 0 Å². The van der Waals surface area contributed by atoms with Crippen LogP contribution in [0.4, 0.5) is 4.39 Å². The van der Waals surface area contributed by atoms with Crippen molar-refractivity contribution in [3.8, 4) is 0 Å². The maximum atomic E-state index is 13.1. The maximum Gasteiger partial charge on any atom is 0.124 e. The Hall–Kier alpha value is -1.71. The molecule has 0 spiro atoms. The molecule has 0 heterocycles. The first-order valence-electron chi connectivity index (χ1n) is 6.75. The van der Waals surface area contributed by atoms with E-state index in [1.54, 1.807) is 6.07 Å². The van der Waals surface area contributed by atoms with E-state index in [1.807, 2.05) is 24.3 Å². The van der Waals surface area contributed by atoms with Gasteiger partial charge in [0, 0.05) is 10.9 Å². The van der Waals surface area contributed by atoms with Crippen LogP contribution in [0.1, 0.15) is 17.2 Å². The van der Waals surface area contributed by atoms with E-state index in [9.17, 15) is 9.50 Å². The van der Waals surface area contributed by atoms with E-state index in [1.165, 1.54) is 12.1 Å². The van der Waals surface area contributed by atoms with Crippen LogP contribution < -0.4 is 0 Å². The molecule has 0 aliphatic rings. The van der Waals surface area contributed by atoms with E-state index in [0.29, 0.717) is 16.5 Å². The molecule has 1 N–H and O–H groups in total. The molecule has 0 aliphatic heterocycles. The molecule has 1 unspecified atom stereocenters. The molecule has 3 aromatic carbocycles. The van der Waals surface area contributed by atoms with E-state index in [4.69, 9.17) is 0 Å². The van der Waals surface area contributed by atoms with Crippen molar-refractivity contribution in [3.63, 3.8) is 0 Å². The van der Waals surface area contributed by atoms with Crippen molar-refractivity contribution in [3.05, 3.63) is 82.1 Å². The lowest BCUT2D eigenvalue weighted by Gasteiger charge is -2.14. The molecule has 106 valence electrons. The Kier molecular flexibility index (Phi) is 4.04. The largest absolute Gasteiger partial charge is 0.388 e. The fourth-order valence-corrected chi connectivity index (χ4v) is 3.18. The Balaban J connectivity index is 1.94. The third kappa shape index (κ3) is 2.99. The fraction of sp³-hybridized carbons (Fsp3) is 0.111. The molecule has 3 aromatic rings. The van der Waals surface area contributed by atoms with E-state index in [0.717, 1.165) is 16.3 Å². The average molecular weight is 345 g/mol. The highest BCUT2D eigenvalue weighted by atomic mass is 79.9. The first kappa shape index (κ1) is 14.2. The van der Waals surface area contributed by atoms with Crippen LogP contribution >= 0.6 is 15.9 Å². The quantitative estimate of drug-likeness (QED) is 0.707. The molecule has 21 heavy (non-hydrogen) atoms. The van der Waals surface area contributed by atoms with Crippen LogP contribution in [-0.2, 0) is 6.42 Å². The number of aliphatic hydroxyl groups is 1. The van der Waals surface area contributed by atoms with Gasteiger partial charge in [0.25, 0.3) is 0 Å². The van der Waals surface area contributed by atoms with Gasteiger partial charge in [0.05, 0.1) is 6.10 Å². The first-order chi connectivity index (χ1) is 10.1. The van der Waals surface area contributed by atoms with E-state index >= 15 is 0 Å². The second kappa shape index (κ2) is 5.96. The number of benzene rings is 3. The topological polar surface area (TPSA) is 20.2 Å². The third-order valence-electron chi connectivity index (χ3n) is 3.61. The zero-order chi connectivity index (χ0) is 14.8. The van der Waals surface area contributed by atoms with Crippen LogP contribution in [0.3, 0.4) is 0 Å². The highest BCUT2D eigenvalue weighted by molar-refractivity contribution is 9.10. The van der Waals surface area contributed by atoms with Crippen LogP contribution in [0, 0.1) is 5.82 Å². The van der Waals surface area contributed by atoms with Crippen LogP contribution in [0.15, 0.2) is 65.1 Å². The third-order valence-corrected chi connectivity index (χ3v) is 4.30. The van der Waals surface area contributed by atoms with Gasteiger partial charge in [-0.05, 0) is 34.0 Å². The molecule has 3 rings (SSSR count). The number of aliphatic hydroxyl groups excluding tert-OH is 1. The molecular formula is C18H14BrFO. The Morgan fingerprint density at radius 1 is 1.00 bits per heavy atom. The van der Waals surface area contributed by atoms with Gasteiger partial charge in [-0.25, -0.2) is 4.39 Å². The van der Waals surface area contributed by atoms with Crippen molar-refractivity contribution < 1.29 is 9.50 Å². The van der Waals surface area contributed by atoms with E-state index in [-0.39, 0.29) is 5.82 Å². The summed E-state index contributed by atoms with van der Waals surface area (Å²) >= 11 is 3.31. The van der Waals surface area contributed by atoms with Gasteiger partial charge in [0.15, 0.2) is 0 Å². The van der Waals surface area contributed by atoms with Crippen molar-refractivity contribution in [1.82, 2.24) is 0 Å². The van der Waals surface area contributed by atoms with Gasteiger partial charge in [-0.3, -0.25) is 0 Å². The summed E-state index contributed by atoms with van der Waals surface area (Å²) in [6, 6.07) is 18.5. The lowest BCUT2D eigenvalue weighted by Crippen LogP contribution is -2.03. The highest BCUT2D eigenvalue weighted by Gasteiger charge is 2.14. The summed E-state index contributed by atoms with van der Waals surface area (Å²) in [6.45, 7) is 0. The van der Waals surface area contributed by atoms with Crippen molar-refractivity contribution >= 4 is 26.7 Å². The van der Waals surface area contributed by atoms with Gasteiger partial charge < -0.3 is 5.11 Å². The fourth-order valence-electron chi connectivity index (χ4n) is 2.56. The van der Waals surface area contributed by atoms with Crippen molar-refractivity contribution in [2.24, 2.45) is 0 Å². The Labute approximate surface area is 131 Å². The maximum absolute atomic E-state index is 13.1. The number of hydrogen-bond donors (Lipinski definition) is 1. The standard InChI is InChI=1S/C18H14BrFO/c19-17-11-14(20)8-9-16(17)18(21)10-13-6-3-5-12-4-1-2-7-15(12)13/h1-9,11,18,21H,10H2. The zero-order valence-electron chi connectivity index (χ0n) is 11.3. The summed E-state index contributed by atoms with van der Waals surface area (Å²) in [4.78, 5) is 0. The lowest BCUT2D eigenvalue weighted by molar-refractivity contribution is 0.178. The molecule has 0 saturated carbocycles. The Morgan fingerprint density at radius 3 is 2.57 bits per heavy atom. The molecule has 0 saturated heterocycles. The number of halogens is 2. The van der Waals surface area contributed by atoms with Gasteiger partial charge in [-0.2, -0.15) is 0 Å². The van der Waals surface area contributed by atoms with Gasteiger partial charge >= 0.3 is 0 Å². The van der Waals surface area contributed by atoms with Gasteiger partial charge in [0.1, 0.15) is 5.82 Å². The summed E-state index contributed by atoms with van der Waals surface area (Å²) in [7, 11) is 0. The average Bonchev–Trinajstić information content (AvgIpc) is 2.47. The van der Waals surface area contributed by atoms with Crippen molar-refractivity contribution in [2.75, 3.05) is 0 Å². The minimum atomic E-state index is -0.675. The molecule has 0 bridgehead atoms. The molecule has 1 atom stereocenters. The Morgan fingerprint density at radius 2 is 1.76 bits per heavy atom. The highest BCUT2D eigenvalue weighted by Crippen LogP contribution is 2.29. The van der Waals surface area contributed by atoms with E-state index < -0.39 is 6.10 Å². The number of rotatable bonds is 3. The summed E-state index contributed by atoms with van der Waals surface area (Å²) in [5.41, 5.74) is 1.78. The Bertz CT molecular complexity index is 780. The number of fused-ring (bicyclic) bond motifs is 1. The second-order valence-electron chi connectivity index (χ2n) is 5.02. The molecule has 0 aliphatic carbocycles. The molecule has 1 nitrogen and oxygen atoms in total.